The molecule has 1 fully saturated rings. The Morgan fingerprint density at radius 3 is 2.58 bits per heavy atom. The summed E-state index contributed by atoms with van der Waals surface area (Å²) in [6.07, 6.45) is 0. The standard InChI is InChI=1S/C14H21N3O2/c1-19-13-4-2-3-12(9-13)10-16-5-7-17(8-6-16)11-14(15)18/h2-4,9H,5-8,10-11H2,1H3,(H2,15,18). The van der Waals surface area contributed by atoms with Crippen molar-refractivity contribution in [1.29, 1.82) is 0 Å². The first kappa shape index (κ1) is 13.8. The molecule has 2 N–H and O–H groups in total. The molecule has 5 nitrogen and oxygen atoms in total. The van der Waals surface area contributed by atoms with Gasteiger partial charge in [0.1, 0.15) is 5.75 Å². The molecule has 0 radical (unpaired) electrons. The van der Waals surface area contributed by atoms with E-state index in [0.29, 0.717) is 6.54 Å². The summed E-state index contributed by atoms with van der Waals surface area (Å²) < 4.78 is 5.23. The van der Waals surface area contributed by atoms with Gasteiger partial charge in [-0.15, -0.1) is 0 Å². The number of carbonyl (C=O) groups excluding carboxylic acids is 1. The predicted octanol–water partition coefficient (Wildman–Crippen LogP) is 0.298. The monoisotopic (exact) mass is 263 g/mol. The van der Waals surface area contributed by atoms with Crippen molar-refractivity contribution in [1.82, 2.24) is 9.80 Å². The van der Waals surface area contributed by atoms with Crippen LogP contribution < -0.4 is 10.5 Å². The lowest BCUT2D eigenvalue weighted by Crippen LogP contribution is -2.48. The molecule has 1 saturated heterocycles. The molecule has 104 valence electrons. The third kappa shape index (κ3) is 4.22. The van der Waals surface area contributed by atoms with Crippen LogP contribution >= 0.6 is 0 Å². The predicted molar refractivity (Wildman–Crippen MR) is 73.9 cm³/mol. The minimum atomic E-state index is -0.249. The van der Waals surface area contributed by atoms with Crippen molar-refractivity contribution in [3.8, 4) is 5.75 Å². The maximum absolute atomic E-state index is 10.9. The van der Waals surface area contributed by atoms with E-state index in [1.54, 1.807) is 7.11 Å². The lowest BCUT2D eigenvalue weighted by Gasteiger charge is -2.34. The fraction of sp³-hybridized carbons (Fsp3) is 0.500. The molecular formula is C14H21N3O2. The van der Waals surface area contributed by atoms with Gasteiger partial charge in [-0.3, -0.25) is 14.6 Å². The molecule has 0 spiro atoms. The van der Waals surface area contributed by atoms with Gasteiger partial charge in [0.15, 0.2) is 0 Å². The average molecular weight is 263 g/mol. The van der Waals surface area contributed by atoms with Crippen molar-refractivity contribution in [3.05, 3.63) is 29.8 Å². The Kier molecular flexibility index (Phi) is 4.76. The molecule has 1 aromatic carbocycles. The van der Waals surface area contributed by atoms with Crippen LogP contribution in [0.3, 0.4) is 0 Å². The van der Waals surface area contributed by atoms with E-state index < -0.39 is 0 Å². The van der Waals surface area contributed by atoms with Gasteiger partial charge in [0.25, 0.3) is 0 Å². The first-order chi connectivity index (χ1) is 9.17. The van der Waals surface area contributed by atoms with E-state index in [9.17, 15) is 4.79 Å². The van der Waals surface area contributed by atoms with Crippen LogP contribution in [0, 0.1) is 0 Å². The molecule has 0 saturated carbocycles. The molecule has 19 heavy (non-hydrogen) atoms. The van der Waals surface area contributed by atoms with E-state index in [1.165, 1.54) is 5.56 Å². The van der Waals surface area contributed by atoms with E-state index >= 15 is 0 Å². The van der Waals surface area contributed by atoms with Gasteiger partial charge in [-0.25, -0.2) is 0 Å². The van der Waals surface area contributed by atoms with E-state index in [0.717, 1.165) is 38.5 Å². The van der Waals surface area contributed by atoms with E-state index in [1.807, 2.05) is 12.1 Å². The van der Waals surface area contributed by atoms with Gasteiger partial charge in [-0.1, -0.05) is 12.1 Å². The number of hydrogen-bond donors (Lipinski definition) is 1. The van der Waals surface area contributed by atoms with E-state index in [4.69, 9.17) is 10.5 Å². The SMILES string of the molecule is COc1cccc(CN2CCN(CC(N)=O)CC2)c1. The molecule has 0 atom stereocenters. The van der Waals surface area contributed by atoms with E-state index in [2.05, 4.69) is 21.9 Å². The maximum Gasteiger partial charge on any atom is 0.231 e. The first-order valence-corrected chi connectivity index (χ1v) is 6.53. The van der Waals surface area contributed by atoms with Gasteiger partial charge >= 0.3 is 0 Å². The summed E-state index contributed by atoms with van der Waals surface area (Å²) in [5.41, 5.74) is 6.46. The zero-order chi connectivity index (χ0) is 13.7. The number of amides is 1. The second-order valence-electron chi connectivity index (χ2n) is 4.87. The Labute approximate surface area is 113 Å². The Balaban J connectivity index is 1.83. The zero-order valence-electron chi connectivity index (χ0n) is 11.3. The molecule has 0 unspecified atom stereocenters. The van der Waals surface area contributed by atoms with Crippen molar-refractivity contribution in [3.63, 3.8) is 0 Å². The molecule has 2 rings (SSSR count). The molecule has 0 bridgehead atoms. The largest absolute Gasteiger partial charge is 0.497 e. The summed E-state index contributed by atoms with van der Waals surface area (Å²) >= 11 is 0. The normalized spacial score (nSPS) is 17.3. The van der Waals surface area contributed by atoms with Crippen LogP contribution in [0.5, 0.6) is 5.75 Å². The maximum atomic E-state index is 10.9. The van der Waals surface area contributed by atoms with Crippen LogP contribution in [0.15, 0.2) is 24.3 Å². The van der Waals surface area contributed by atoms with Gasteiger partial charge in [0, 0.05) is 32.7 Å². The summed E-state index contributed by atoms with van der Waals surface area (Å²) in [6, 6.07) is 8.14. The van der Waals surface area contributed by atoms with Crippen molar-refractivity contribution in [2.45, 2.75) is 6.54 Å². The Morgan fingerprint density at radius 1 is 1.26 bits per heavy atom. The molecule has 1 aromatic rings. The van der Waals surface area contributed by atoms with Gasteiger partial charge in [0.05, 0.1) is 13.7 Å². The number of nitrogens with zero attached hydrogens (tertiary/aromatic N) is 2. The second kappa shape index (κ2) is 6.54. The number of hydrogen-bond acceptors (Lipinski definition) is 4. The van der Waals surface area contributed by atoms with Crippen LogP contribution in [-0.2, 0) is 11.3 Å². The third-order valence-electron chi connectivity index (χ3n) is 3.38. The lowest BCUT2D eigenvalue weighted by atomic mass is 10.2. The van der Waals surface area contributed by atoms with Crippen molar-refractivity contribution >= 4 is 5.91 Å². The highest BCUT2D eigenvalue weighted by molar-refractivity contribution is 5.75. The molecule has 1 amide bonds. The Morgan fingerprint density at radius 2 is 1.95 bits per heavy atom. The number of benzene rings is 1. The van der Waals surface area contributed by atoms with Crippen molar-refractivity contribution in [2.75, 3.05) is 39.8 Å². The molecule has 1 aliphatic rings. The number of piperazine rings is 1. The van der Waals surface area contributed by atoms with E-state index in [-0.39, 0.29) is 5.91 Å². The van der Waals surface area contributed by atoms with Crippen molar-refractivity contribution in [2.24, 2.45) is 5.73 Å². The number of nitrogens with two attached hydrogens (primary N) is 1. The van der Waals surface area contributed by atoms with Crippen LogP contribution in [0.25, 0.3) is 0 Å². The lowest BCUT2D eigenvalue weighted by molar-refractivity contribution is -0.119. The van der Waals surface area contributed by atoms with Crippen LogP contribution in [0.1, 0.15) is 5.56 Å². The molecular weight excluding hydrogens is 242 g/mol. The Hall–Kier alpha value is -1.59. The van der Waals surface area contributed by atoms with Gasteiger partial charge in [-0.05, 0) is 17.7 Å². The topological polar surface area (TPSA) is 58.8 Å². The fourth-order valence-corrected chi connectivity index (χ4v) is 2.35. The molecule has 1 heterocycles. The number of primary amides is 1. The fourth-order valence-electron chi connectivity index (χ4n) is 2.35. The highest BCUT2D eigenvalue weighted by Gasteiger charge is 2.17. The minimum absolute atomic E-state index is 0.249. The molecule has 0 aromatic heterocycles. The Bertz CT molecular complexity index is 428. The summed E-state index contributed by atoms with van der Waals surface area (Å²) in [4.78, 5) is 15.3. The van der Waals surface area contributed by atoms with Gasteiger partial charge in [0.2, 0.25) is 5.91 Å². The smallest absolute Gasteiger partial charge is 0.231 e. The molecule has 5 heteroatoms. The summed E-state index contributed by atoms with van der Waals surface area (Å²) in [5.74, 6) is 0.645. The molecule has 0 aliphatic carbocycles. The number of carbonyl (C=O) groups is 1. The summed E-state index contributed by atoms with van der Waals surface area (Å²) in [5, 5.41) is 0. The van der Waals surface area contributed by atoms with Crippen molar-refractivity contribution < 1.29 is 9.53 Å². The van der Waals surface area contributed by atoms with Crippen LogP contribution in [0.2, 0.25) is 0 Å². The zero-order valence-corrected chi connectivity index (χ0v) is 11.3. The summed E-state index contributed by atoms with van der Waals surface area (Å²) in [7, 11) is 1.68. The number of ether oxygens (including phenoxy) is 1. The van der Waals surface area contributed by atoms with Crippen LogP contribution in [-0.4, -0.2) is 55.5 Å². The second-order valence-corrected chi connectivity index (χ2v) is 4.87. The number of methoxy groups -OCH3 is 1. The third-order valence-corrected chi connectivity index (χ3v) is 3.38. The average Bonchev–Trinajstić information content (AvgIpc) is 2.41. The quantitative estimate of drug-likeness (QED) is 0.830. The first-order valence-electron chi connectivity index (χ1n) is 6.53. The highest BCUT2D eigenvalue weighted by Crippen LogP contribution is 2.15. The highest BCUT2D eigenvalue weighted by atomic mass is 16.5. The summed E-state index contributed by atoms with van der Waals surface area (Å²) in [6.45, 7) is 5.00. The minimum Gasteiger partial charge on any atom is -0.497 e. The van der Waals surface area contributed by atoms with Gasteiger partial charge in [-0.2, -0.15) is 0 Å². The van der Waals surface area contributed by atoms with Gasteiger partial charge < -0.3 is 10.5 Å². The van der Waals surface area contributed by atoms with Crippen LogP contribution in [0.4, 0.5) is 0 Å². The number of rotatable bonds is 5. The molecule has 1 aliphatic heterocycles.